The summed E-state index contributed by atoms with van der Waals surface area (Å²) in [5, 5.41) is 3.99. The van der Waals surface area contributed by atoms with Crippen LogP contribution in [0.3, 0.4) is 0 Å². The van der Waals surface area contributed by atoms with Crippen LogP contribution in [0, 0.1) is 0 Å². The molecular formula is C20H23ClF3N. The molecule has 0 radical (unpaired) electrons. The predicted octanol–water partition coefficient (Wildman–Crippen LogP) is 5.99. The lowest BCUT2D eigenvalue weighted by molar-refractivity contribution is -0.137. The zero-order valence-electron chi connectivity index (χ0n) is 14.7. The van der Waals surface area contributed by atoms with Gasteiger partial charge in [0.05, 0.1) is 5.56 Å². The van der Waals surface area contributed by atoms with E-state index in [9.17, 15) is 13.2 Å². The van der Waals surface area contributed by atoms with Gasteiger partial charge in [-0.15, -0.1) is 0 Å². The zero-order chi connectivity index (χ0) is 18.7. The summed E-state index contributed by atoms with van der Waals surface area (Å²) in [5.41, 5.74) is 2.22. The molecule has 2 rings (SSSR count). The Morgan fingerprint density at radius 1 is 0.960 bits per heavy atom. The van der Waals surface area contributed by atoms with E-state index in [1.54, 1.807) is 6.07 Å². The van der Waals surface area contributed by atoms with Crippen molar-refractivity contribution >= 4 is 11.6 Å². The molecule has 0 aliphatic rings. The molecule has 0 amide bonds. The molecule has 0 bridgehead atoms. The van der Waals surface area contributed by atoms with E-state index < -0.39 is 11.7 Å². The van der Waals surface area contributed by atoms with Crippen LogP contribution < -0.4 is 5.32 Å². The highest BCUT2D eigenvalue weighted by atomic mass is 35.5. The van der Waals surface area contributed by atoms with Crippen LogP contribution in [0.25, 0.3) is 0 Å². The lowest BCUT2D eigenvalue weighted by Crippen LogP contribution is -2.17. The van der Waals surface area contributed by atoms with E-state index in [1.165, 1.54) is 12.1 Å². The van der Waals surface area contributed by atoms with Gasteiger partial charge in [-0.25, -0.2) is 0 Å². The molecule has 25 heavy (non-hydrogen) atoms. The molecule has 1 N–H and O–H groups in total. The van der Waals surface area contributed by atoms with Gasteiger partial charge in [-0.2, -0.15) is 13.2 Å². The third-order valence-electron chi connectivity index (χ3n) is 4.02. The SMILES string of the molecule is CC(C)(C)c1ccc(CNCCc2cccc(C(F)(F)F)c2)cc1Cl. The van der Waals surface area contributed by atoms with Crippen molar-refractivity contribution in [3.05, 3.63) is 69.7 Å². The third-order valence-corrected chi connectivity index (χ3v) is 4.33. The number of alkyl halides is 3. The minimum absolute atomic E-state index is 0.00740. The zero-order valence-corrected chi connectivity index (χ0v) is 15.4. The molecule has 0 aliphatic carbocycles. The van der Waals surface area contributed by atoms with Crippen molar-refractivity contribution in [1.82, 2.24) is 5.32 Å². The van der Waals surface area contributed by atoms with Crippen LogP contribution >= 0.6 is 11.6 Å². The Balaban J connectivity index is 1.89. The number of rotatable bonds is 5. The second-order valence-electron chi connectivity index (χ2n) is 7.19. The molecule has 1 nitrogen and oxygen atoms in total. The lowest BCUT2D eigenvalue weighted by Gasteiger charge is -2.21. The summed E-state index contributed by atoms with van der Waals surface area (Å²) >= 11 is 6.35. The molecule has 0 unspecified atom stereocenters. The molecule has 5 heteroatoms. The summed E-state index contributed by atoms with van der Waals surface area (Å²) in [6, 6.07) is 11.5. The summed E-state index contributed by atoms with van der Waals surface area (Å²) in [6.45, 7) is 7.56. The molecule has 0 atom stereocenters. The highest BCUT2D eigenvalue weighted by molar-refractivity contribution is 6.31. The van der Waals surface area contributed by atoms with Gasteiger partial charge in [-0.05, 0) is 47.2 Å². The van der Waals surface area contributed by atoms with Crippen LogP contribution in [-0.4, -0.2) is 6.54 Å². The van der Waals surface area contributed by atoms with Gasteiger partial charge in [0.1, 0.15) is 0 Å². The van der Waals surface area contributed by atoms with Crippen molar-refractivity contribution in [2.45, 2.75) is 45.3 Å². The molecule has 0 spiro atoms. The average molecular weight is 370 g/mol. The summed E-state index contributed by atoms with van der Waals surface area (Å²) in [7, 11) is 0. The van der Waals surface area contributed by atoms with E-state index in [1.807, 2.05) is 18.2 Å². The maximum atomic E-state index is 12.7. The highest BCUT2D eigenvalue weighted by Gasteiger charge is 2.30. The van der Waals surface area contributed by atoms with E-state index in [2.05, 4.69) is 26.1 Å². The first-order valence-electron chi connectivity index (χ1n) is 8.23. The summed E-state index contributed by atoms with van der Waals surface area (Å²) in [5.74, 6) is 0. The smallest absolute Gasteiger partial charge is 0.312 e. The average Bonchev–Trinajstić information content (AvgIpc) is 2.50. The monoisotopic (exact) mass is 369 g/mol. The summed E-state index contributed by atoms with van der Waals surface area (Å²) in [4.78, 5) is 0. The fourth-order valence-corrected chi connectivity index (χ4v) is 3.13. The first-order valence-corrected chi connectivity index (χ1v) is 8.61. The van der Waals surface area contributed by atoms with E-state index in [0.29, 0.717) is 25.1 Å². The molecule has 136 valence electrons. The van der Waals surface area contributed by atoms with Crippen LogP contribution in [0.15, 0.2) is 42.5 Å². The molecule has 0 fully saturated rings. The van der Waals surface area contributed by atoms with Crippen molar-refractivity contribution in [3.8, 4) is 0 Å². The van der Waals surface area contributed by atoms with Gasteiger partial charge in [0.15, 0.2) is 0 Å². The Kier molecular flexibility index (Phi) is 6.17. The van der Waals surface area contributed by atoms with Crippen molar-refractivity contribution < 1.29 is 13.2 Å². The Bertz CT molecular complexity index is 718. The first kappa shape index (κ1) is 19.8. The van der Waals surface area contributed by atoms with Crippen LogP contribution in [0.5, 0.6) is 0 Å². The molecule has 2 aromatic carbocycles. The molecule has 0 saturated carbocycles. The number of nitrogens with one attached hydrogen (secondary N) is 1. The molecule has 0 saturated heterocycles. The molecule has 2 aromatic rings. The predicted molar refractivity (Wildman–Crippen MR) is 97.0 cm³/mol. The maximum absolute atomic E-state index is 12.7. The molecular weight excluding hydrogens is 347 g/mol. The molecule has 0 heterocycles. The van der Waals surface area contributed by atoms with Crippen molar-refractivity contribution in [2.24, 2.45) is 0 Å². The number of hydrogen-bond donors (Lipinski definition) is 1. The summed E-state index contributed by atoms with van der Waals surface area (Å²) in [6.07, 6.45) is -3.76. The molecule has 0 aromatic heterocycles. The van der Waals surface area contributed by atoms with Gasteiger partial charge < -0.3 is 5.32 Å². The van der Waals surface area contributed by atoms with Crippen LogP contribution in [0.4, 0.5) is 13.2 Å². The second kappa shape index (κ2) is 7.79. The van der Waals surface area contributed by atoms with Crippen molar-refractivity contribution in [1.29, 1.82) is 0 Å². The largest absolute Gasteiger partial charge is 0.416 e. The molecule has 0 aliphatic heterocycles. The Morgan fingerprint density at radius 2 is 1.68 bits per heavy atom. The van der Waals surface area contributed by atoms with Gasteiger partial charge >= 0.3 is 6.18 Å². The standard InChI is InChI=1S/C20H23ClF3N/c1-19(2,3)17-8-7-15(12-18(17)21)13-25-10-9-14-5-4-6-16(11-14)20(22,23)24/h4-8,11-12,25H,9-10,13H2,1-3H3. The lowest BCUT2D eigenvalue weighted by atomic mass is 9.86. The first-order chi connectivity index (χ1) is 11.6. The second-order valence-corrected chi connectivity index (χ2v) is 7.60. The van der Waals surface area contributed by atoms with Crippen LogP contribution in [0.2, 0.25) is 5.02 Å². The Morgan fingerprint density at radius 3 is 2.28 bits per heavy atom. The van der Waals surface area contributed by atoms with E-state index in [0.717, 1.165) is 22.2 Å². The van der Waals surface area contributed by atoms with E-state index in [-0.39, 0.29) is 5.41 Å². The van der Waals surface area contributed by atoms with Gasteiger partial charge in [0, 0.05) is 11.6 Å². The fourth-order valence-electron chi connectivity index (χ4n) is 2.65. The fraction of sp³-hybridized carbons (Fsp3) is 0.400. The highest BCUT2D eigenvalue weighted by Crippen LogP contribution is 2.30. The van der Waals surface area contributed by atoms with Gasteiger partial charge in [0.25, 0.3) is 0 Å². The maximum Gasteiger partial charge on any atom is 0.416 e. The van der Waals surface area contributed by atoms with Crippen LogP contribution in [-0.2, 0) is 24.6 Å². The van der Waals surface area contributed by atoms with E-state index >= 15 is 0 Å². The van der Waals surface area contributed by atoms with Gasteiger partial charge in [0.2, 0.25) is 0 Å². The quantitative estimate of drug-likeness (QED) is 0.638. The van der Waals surface area contributed by atoms with Crippen LogP contribution in [0.1, 0.15) is 43.0 Å². The van der Waals surface area contributed by atoms with Crippen molar-refractivity contribution in [3.63, 3.8) is 0 Å². The minimum atomic E-state index is -4.30. The summed E-state index contributed by atoms with van der Waals surface area (Å²) < 4.78 is 38.1. The topological polar surface area (TPSA) is 12.0 Å². The number of hydrogen-bond acceptors (Lipinski definition) is 1. The van der Waals surface area contributed by atoms with Crippen molar-refractivity contribution in [2.75, 3.05) is 6.54 Å². The van der Waals surface area contributed by atoms with Gasteiger partial charge in [-0.1, -0.05) is 62.7 Å². The third kappa shape index (κ3) is 5.75. The minimum Gasteiger partial charge on any atom is -0.312 e. The number of benzene rings is 2. The van der Waals surface area contributed by atoms with Gasteiger partial charge in [-0.3, -0.25) is 0 Å². The Labute approximate surface area is 152 Å². The Hall–Kier alpha value is -1.52. The normalized spacial score (nSPS) is 12.4. The number of halogens is 4. The van der Waals surface area contributed by atoms with E-state index in [4.69, 9.17) is 11.6 Å².